The van der Waals surface area contributed by atoms with Crippen LogP contribution in [0.4, 0.5) is 0 Å². The van der Waals surface area contributed by atoms with E-state index in [9.17, 15) is 9.90 Å². The molecule has 29 heavy (non-hydrogen) atoms. The lowest BCUT2D eigenvalue weighted by Crippen LogP contribution is -2.56. The molecule has 3 unspecified atom stereocenters. The summed E-state index contributed by atoms with van der Waals surface area (Å²) >= 11 is 0. The van der Waals surface area contributed by atoms with Crippen molar-refractivity contribution in [3.8, 4) is 0 Å². The highest BCUT2D eigenvalue weighted by Crippen LogP contribution is 2.72. The van der Waals surface area contributed by atoms with Gasteiger partial charge in [0.2, 0.25) is 0 Å². The Morgan fingerprint density at radius 3 is 2.45 bits per heavy atom. The number of hydrogen-bond donors (Lipinski definition) is 1. The van der Waals surface area contributed by atoms with Crippen molar-refractivity contribution in [1.29, 1.82) is 0 Å². The van der Waals surface area contributed by atoms with Gasteiger partial charge in [0.15, 0.2) is 0 Å². The molecule has 6 rings (SSSR count). The Bertz CT molecular complexity index is 787. The fourth-order valence-corrected chi connectivity index (χ4v) is 8.24. The number of aliphatic hydroxyl groups excluding tert-OH is 1. The molecule has 1 aromatic heterocycles. The minimum Gasteiger partial charge on any atom is -0.431 e. The summed E-state index contributed by atoms with van der Waals surface area (Å²) < 4.78 is 10.9. The average Bonchev–Trinajstić information content (AvgIpc) is 3.36. The van der Waals surface area contributed by atoms with Crippen molar-refractivity contribution < 1.29 is 14.3 Å². The van der Waals surface area contributed by atoms with Gasteiger partial charge in [-0.3, -0.25) is 0 Å². The second-order valence-electron chi connectivity index (χ2n) is 11.0. The molecule has 1 aromatic rings. The fourth-order valence-electron chi connectivity index (χ4n) is 8.24. The van der Waals surface area contributed by atoms with Crippen LogP contribution >= 0.6 is 0 Å². The van der Waals surface area contributed by atoms with Crippen molar-refractivity contribution in [3.63, 3.8) is 0 Å². The molecule has 2 heterocycles. The zero-order chi connectivity index (χ0) is 20.4. The first-order chi connectivity index (χ1) is 13.9. The minimum absolute atomic E-state index is 0.0297. The molecule has 5 fully saturated rings. The monoisotopic (exact) mass is 400 g/mol. The van der Waals surface area contributed by atoms with Gasteiger partial charge in [-0.05, 0) is 91.9 Å². The number of aliphatic hydroxyl groups is 1. The Hall–Kier alpha value is -1.13. The van der Waals surface area contributed by atoms with E-state index >= 15 is 0 Å². The second kappa shape index (κ2) is 6.95. The first-order valence-corrected chi connectivity index (χ1v) is 11.8. The summed E-state index contributed by atoms with van der Waals surface area (Å²) in [7, 11) is 0. The van der Waals surface area contributed by atoms with Gasteiger partial charge in [0.05, 0.1) is 18.5 Å². The number of fused-ring (bicyclic) bond motifs is 3. The maximum Gasteiger partial charge on any atom is 0.335 e. The molecule has 4 saturated carbocycles. The van der Waals surface area contributed by atoms with Crippen molar-refractivity contribution in [2.24, 2.45) is 40.9 Å². The molecule has 4 heteroatoms. The molecule has 160 valence electrons. The molecule has 10 atom stereocenters. The number of hydrogen-bond acceptors (Lipinski definition) is 4. The van der Waals surface area contributed by atoms with Crippen LogP contribution in [0.3, 0.4) is 0 Å². The van der Waals surface area contributed by atoms with Gasteiger partial charge in [0.1, 0.15) is 5.60 Å². The molecular formula is C25H36O4. The quantitative estimate of drug-likeness (QED) is 0.644. The molecule has 4 aliphatic carbocycles. The predicted molar refractivity (Wildman–Crippen MR) is 111 cm³/mol. The Kier molecular flexibility index (Phi) is 4.75. The summed E-state index contributed by atoms with van der Waals surface area (Å²) in [5.74, 6) is 4.88. The lowest BCUT2D eigenvalue weighted by molar-refractivity contribution is -0.130. The first-order valence-electron chi connectivity index (χ1n) is 11.8. The van der Waals surface area contributed by atoms with Crippen molar-refractivity contribution in [2.45, 2.75) is 83.5 Å². The molecule has 4 nitrogen and oxygen atoms in total. The van der Waals surface area contributed by atoms with Crippen molar-refractivity contribution in [1.82, 2.24) is 0 Å². The van der Waals surface area contributed by atoms with Crippen LogP contribution in [-0.2, 0) is 4.74 Å². The summed E-state index contributed by atoms with van der Waals surface area (Å²) in [6, 6.07) is 4.65. The average molecular weight is 401 g/mol. The topological polar surface area (TPSA) is 63.0 Å². The lowest BCUT2D eigenvalue weighted by Gasteiger charge is -2.59. The number of epoxide rings is 1. The standard InChI is InChI=1S/C20H32O2.C5H4O2/c1-11-8-17-15(20-16(11)9-12(2)18(20)22-20)5-4-13-10-14(21)6-7-19(13,17)3;6-5-3-1-2-4-7-5/h11-18,21H,4-10H2,1-3H3;1-4H/t11-,12-,13-,14+,15?,16?,17?,18-,19+,20+;/m1./s1. The molecular weight excluding hydrogens is 364 g/mol. The molecule has 1 N–H and O–H groups in total. The van der Waals surface area contributed by atoms with Crippen LogP contribution in [0.5, 0.6) is 0 Å². The van der Waals surface area contributed by atoms with Crippen LogP contribution in [0, 0.1) is 40.9 Å². The predicted octanol–water partition coefficient (Wildman–Crippen LogP) is 4.65. The molecule has 0 amide bonds. The van der Waals surface area contributed by atoms with Crippen LogP contribution in [0.2, 0.25) is 0 Å². The zero-order valence-electron chi connectivity index (χ0n) is 18.0. The summed E-state index contributed by atoms with van der Waals surface area (Å²) in [5, 5.41) is 10.1. The van der Waals surface area contributed by atoms with Crippen molar-refractivity contribution >= 4 is 0 Å². The third-order valence-corrected chi connectivity index (χ3v) is 9.60. The van der Waals surface area contributed by atoms with Gasteiger partial charge >= 0.3 is 5.63 Å². The largest absolute Gasteiger partial charge is 0.431 e. The van der Waals surface area contributed by atoms with Crippen molar-refractivity contribution in [2.75, 3.05) is 0 Å². The summed E-state index contributed by atoms with van der Waals surface area (Å²) in [5.41, 5.74) is 0.451. The number of rotatable bonds is 0. The minimum atomic E-state index is -0.303. The third-order valence-electron chi connectivity index (χ3n) is 9.60. The Morgan fingerprint density at radius 2 is 1.79 bits per heavy atom. The van der Waals surface area contributed by atoms with E-state index in [0.29, 0.717) is 11.5 Å². The third kappa shape index (κ3) is 2.96. The Morgan fingerprint density at radius 1 is 1.00 bits per heavy atom. The summed E-state index contributed by atoms with van der Waals surface area (Å²) in [6.07, 6.45) is 10.8. The molecule has 1 saturated heterocycles. The van der Waals surface area contributed by atoms with Gasteiger partial charge < -0.3 is 14.3 Å². The second-order valence-corrected chi connectivity index (χ2v) is 11.0. The van der Waals surface area contributed by atoms with E-state index in [1.807, 2.05) is 0 Å². The first kappa shape index (κ1) is 19.8. The van der Waals surface area contributed by atoms with Crippen LogP contribution in [0.25, 0.3) is 0 Å². The van der Waals surface area contributed by atoms with Crippen LogP contribution in [-0.4, -0.2) is 22.9 Å². The van der Waals surface area contributed by atoms with Gasteiger partial charge in [0, 0.05) is 6.07 Å². The van der Waals surface area contributed by atoms with Crippen LogP contribution < -0.4 is 5.63 Å². The Labute approximate surface area is 174 Å². The molecule has 1 spiro atoms. The maximum absolute atomic E-state index is 10.1. The number of ether oxygens (including phenoxy) is 1. The maximum atomic E-state index is 10.1. The van der Waals surface area contributed by atoms with E-state index in [4.69, 9.17) is 4.74 Å². The Balaban J connectivity index is 0.000000222. The molecule has 0 aromatic carbocycles. The van der Waals surface area contributed by atoms with E-state index in [1.54, 1.807) is 12.1 Å². The summed E-state index contributed by atoms with van der Waals surface area (Å²) in [4.78, 5) is 10.1. The smallest absolute Gasteiger partial charge is 0.335 e. The summed E-state index contributed by atoms with van der Waals surface area (Å²) in [6.45, 7) is 7.49. The van der Waals surface area contributed by atoms with E-state index in [1.165, 1.54) is 44.4 Å². The van der Waals surface area contributed by atoms with E-state index in [-0.39, 0.29) is 17.3 Å². The molecule has 5 aliphatic rings. The van der Waals surface area contributed by atoms with E-state index in [0.717, 1.165) is 48.3 Å². The van der Waals surface area contributed by atoms with E-state index in [2.05, 4.69) is 25.2 Å². The van der Waals surface area contributed by atoms with Gasteiger partial charge in [-0.15, -0.1) is 0 Å². The highest BCUT2D eigenvalue weighted by molar-refractivity contribution is 5.24. The van der Waals surface area contributed by atoms with E-state index < -0.39 is 0 Å². The molecule has 0 radical (unpaired) electrons. The zero-order valence-corrected chi connectivity index (χ0v) is 18.0. The van der Waals surface area contributed by atoms with Gasteiger partial charge in [0.25, 0.3) is 0 Å². The van der Waals surface area contributed by atoms with Gasteiger partial charge in [-0.2, -0.15) is 0 Å². The highest BCUT2D eigenvalue weighted by Gasteiger charge is 2.76. The van der Waals surface area contributed by atoms with Crippen LogP contribution in [0.15, 0.2) is 33.7 Å². The van der Waals surface area contributed by atoms with Gasteiger partial charge in [-0.1, -0.05) is 26.8 Å². The van der Waals surface area contributed by atoms with Gasteiger partial charge in [-0.25, -0.2) is 4.79 Å². The fraction of sp³-hybridized carbons (Fsp3) is 0.800. The molecule has 0 bridgehead atoms. The highest BCUT2D eigenvalue weighted by atomic mass is 16.6. The molecule has 1 aliphatic heterocycles. The SMILES string of the molecule is C[C@@H]1CC2C(CC[C@@H]3C[C@@H](O)CC[C@]23C)[C@@]23O[C@@H]2[C@H](C)CC13.O=c1cccco1. The van der Waals surface area contributed by atoms with Crippen LogP contribution in [0.1, 0.15) is 65.7 Å². The van der Waals surface area contributed by atoms with Crippen molar-refractivity contribution in [3.05, 3.63) is 34.9 Å². The lowest BCUT2D eigenvalue weighted by atomic mass is 9.45. The normalized spacial score (nSPS) is 52.1.